The van der Waals surface area contributed by atoms with Gasteiger partial charge in [0.25, 0.3) is 5.91 Å². The van der Waals surface area contributed by atoms with Crippen molar-refractivity contribution in [2.75, 3.05) is 20.3 Å². The fraction of sp³-hybridized carbons (Fsp3) is 0.417. The van der Waals surface area contributed by atoms with Crippen molar-refractivity contribution in [3.8, 4) is 0 Å². The molecule has 0 saturated carbocycles. The molecule has 35 heavy (non-hydrogen) atoms. The van der Waals surface area contributed by atoms with Crippen molar-refractivity contribution in [2.24, 2.45) is 4.99 Å². The molecule has 1 saturated heterocycles. The highest BCUT2D eigenvalue weighted by Gasteiger charge is 2.32. The molecular formula is C24H27F2N3O4S2. The van der Waals surface area contributed by atoms with Crippen LogP contribution < -0.4 is 4.80 Å². The van der Waals surface area contributed by atoms with Gasteiger partial charge in [0.2, 0.25) is 10.0 Å². The maximum absolute atomic E-state index is 14.5. The zero-order valence-corrected chi connectivity index (χ0v) is 21.2. The van der Waals surface area contributed by atoms with E-state index in [1.165, 1.54) is 42.0 Å². The Morgan fingerprint density at radius 1 is 1.20 bits per heavy atom. The third-order valence-corrected chi connectivity index (χ3v) is 9.16. The third-order valence-electron chi connectivity index (χ3n) is 6.16. The van der Waals surface area contributed by atoms with Crippen LogP contribution in [-0.2, 0) is 21.3 Å². The Bertz CT molecular complexity index is 1400. The number of piperidine rings is 1. The van der Waals surface area contributed by atoms with Crippen molar-refractivity contribution in [3.05, 3.63) is 58.4 Å². The topological polar surface area (TPSA) is 81.0 Å². The van der Waals surface area contributed by atoms with Gasteiger partial charge in [-0.25, -0.2) is 17.2 Å². The van der Waals surface area contributed by atoms with Crippen LogP contribution in [0.15, 0.2) is 46.3 Å². The number of amides is 1. The molecule has 1 aliphatic heterocycles. The monoisotopic (exact) mass is 523 g/mol. The second-order valence-electron chi connectivity index (χ2n) is 8.38. The fourth-order valence-electron chi connectivity index (χ4n) is 4.36. The number of hydrogen-bond acceptors (Lipinski definition) is 5. The zero-order valence-electron chi connectivity index (χ0n) is 19.5. The summed E-state index contributed by atoms with van der Waals surface area (Å²) >= 11 is 0.992. The van der Waals surface area contributed by atoms with Gasteiger partial charge in [-0.3, -0.25) is 4.79 Å². The Morgan fingerprint density at radius 2 is 1.94 bits per heavy atom. The van der Waals surface area contributed by atoms with Crippen LogP contribution in [0.2, 0.25) is 0 Å². The first-order valence-corrected chi connectivity index (χ1v) is 13.7. The first-order valence-electron chi connectivity index (χ1n) is 11.4. The quantitative estimate of drug-likeness (QED) is 0.462. The molecule has 1 unspecified atom stereocenters. The van der Waals surface area contributed by atoms with Gasteiger partial charge in [0.15, 0.2) is 10.6 Å². The van der Waals surface area contributed by atoms with Crippen LogP contribution in [0.3, 0.4) is 0 Å². The van der Waals surface area contributed by atoms with E-state index in [1.807, 2.05) is 6.92 Å². The summed E-state index contributed by atoms with van der Waals surface area (Å²) in [6.07, 6.45) is 3.43. The minimum absolute atomic E-state index is 0.0224. The molecule has 1 aromatic heterocycles. The molecule has 7 nitrogen and oxygen atoms in total. The van der Waals surface area contributed by atoms with E-state index in [9.17, 15) is 22.0 Å². The molecule has 0 bridgehead atoms. The van der Waals surface area contributed by atoms with Gasteiger partial charge >= 0.3 is 0 Å². The number of carbonyl (C=O) groups is 1. The number of hydrogen-bond donors (Lipinski definition) is 0. The largest absolute Gasteiger partial charge is 0.383 e. The molecule has 1 atom stereocenters. The number of halogens is 2. The molecule has 1 amide bonds. The van der Waals surface area contributed by atoms with Crippen LogP contribution in [0.25, 0.3) is 10.2 Å². The summed E-state index contributed by atoms with van der Waals surface area (Å²) in [5.41, 5.74) is 0.338. The molecule has 4 rings (SSSR count). The van der Waals surface area contributed by atoms with Gasteiger partial charge in [-0.1, -0.05) is 24.7 Å². The van der Waals surface area contributed by atoms with Gasteiger partial charge in [-0.15, -0.1) is 0 Å². The maximum Gasteiger partial charge on any atom is 0.279 e. The highest BCUT2D eigenvalue weighted by Crippen LogP contribution is 2.27. The van der Waals surface area contributed by atoms with Gasteiger partial charge in [-0.05, 0) is 49.6 Å². The minimum Gasteiger partial charge on any atom is -0.383 e. The molecule has 1 fully saturated rings. The number of thiazole rings is 1. The molecular weight excluding hydrogens is 496 g/mol. The molecule has 1 aliphatic rings. The Morgan fingerprint density at radius 3 is 2.63 bits per heavy atom. The van der Waals surface area contributed by atoms with Crippen LogP contribution >= 0.6 is 11.3 Å². The smallest absolute Gasteiger partial charge is 0.279 e. The number of ether oxygens (including phenoxy) is 1. The lowest BCUT2D eigenvalue weighted by molar-refractivity contribution is 0.0997. The standard InChI is InChI=1S/C24H27F2N3O4S2/c1-3-18-6-4-5-11-29(18)35(31,32)19-9-7-16(8-10-19)23(30)27-24-28(12-13-33-2)22-20(26)14-17(25)15-21(22)34-24/h7-10,14-15,18H,3-6,11-13H2,1-2H3. The number of aromatic nitrogens is 1. The molecule has 2 aromatic carbocycles. The SMILES string of the molecule is CCC1CCCCN1S(=O)(=O)c1ccc(C(=O)N=c2sc3cc(F)cc(F)c3n2CCOC)cc1. The summed E-state index contributed by atoms with van der Waals surface area (Å²) in [7, 11) is -2.17. The van der Waals surface area contributed by atoms with Crippen LogP contribution in [0.4, 0.5) is 8.78 Å². The first kappa shape index (κ1) is 25.6. The molecule has 188 valence electrons. The lowest BCUT2D eigenvalue weighted by Crippen LogP contribution is -2.43. The molecule has 2 heterocycles. The molecule has 0 spiro atoms. The summed E-state index contributed by atoms with van der Waals surface area (Å²) in [5.74, 6) is -2.08. The van der Waals surface area contributed by atoms with Crippen LogP contribution in [0.5, 0.6) is 0 Å². The Kier molecular flexibility index (Phi) is 7.80. The fourth-order valence-corrected chi connectivity index (χ4v) is 7.22. The lowest BCUT2D eigenvalue weighted by atomic mass is 10.0. The van der Waals surface area contributed by atoms with Crippen molar-refractivity contribution in [1.29, 1.82) is 0 Å². The second kappa shape index (κ2) is 10.7. The number of benzene rings is 2. The molecule has 0 N–H and O–H groups in total. The van der Waals surface area contributed by atoms with Gasteiger partial charge in [0, 0.05) is 37.9 Å². The van der Waals surface area contributed by atoms with Crippen molar-refractivity contribution >= 4 is 37.5 Å². The first-order chi connectivity index (χ1) is 16.8. The van der Waals surface area contributed by atoms with Crippen LogP contribution in [0, 0.1) is 11.6 Å². The number of carbonyl (C=O) groups excluding carboxylic acids is 1. The molecule has 11 heteroatoms. The molecule has 0 aliphatic carbocycles. The summed E-state index contributed by atoms with van der Waals surface area (Å²) in [6.45, 7) is 2.93. The Labute approximate surface area is 206 Å². The summed E-state index contributed by atoms with van der Waals surface area (Å²) in [6, 6.07) is 7.64. The Hall–Kier alpha value is -2.47. The third kappa shape index (κ3) is 5.23. The van der Waals surface area contributed by atoms with E-state index in [0.29, 0.717) is 11.2 Å². The van der Waals surface area contributed by atoms with E-state index < -0.39 is 27.6 Å². The number of nitrogens with zero attached hydrogens (tertiary/aromatic N) is 3. The van der Waals surface area contributed by atoms with Gasteiger partial charge in [0.1, 0.15) is 5.82 Å². The maximum atomic E-state index is 14.5. The second-order valence-corrected chi connectivity index (χ2v) is 11.3. The Balaban J connectivity index is 1.67. The number of rotatable bonds is 7. The predicted molar refractivity (Wildman–Crippen MR) is 130 cm³/mol. The number of sulfonamides is 1. The van der Waals surface area contributed by atoms with E-state index in [1.54, 1.807) is 4.31 Å². The van der Waals surface area contributed by atoms with Crippen LogP contribution in [-0.4, -0.2) is 49.5 Å². The summed E-state index contributed by atoms with van der Waals surface area (Å²) in [5, 5.41) is 0. The van der Waals surface area contributed by atoms with Crippen molar-refractivity contribution < 1.29 is 26.7 Å². The normalized spacial score (nSPS) is 17.8. The van der Waals surface area contributed by atoms with Gasteiger partial charge in [-0.2, -0.15) is 9.30 Å². The van der Waals surface area contributed by atoms with Crippen molar-refractivity contribution in [3.63, 3.8) is 0 Å². The number of fused-ring (bicyclic) bond motifs is 1. The summed E-state index contributed by atoms with van der Waals surface area (Å²) < 4.78 is 63.0. The minimum atomic E-state index is -3.67. The highest BCUT2D eigenvalue weighted by molar-refractivity contribution is 7.89. The highest BCUT2D eigenvalue weighted by atomic mass is 32.2. The van der Waals surface area contributed by atoms with Crippen molar-refractivity contribution in [1.82, 2.24) is 8.87 Å². The average Bonchev–Trinajstić information content (AvgIpc) is 3.19. The van der Waals surface area contributed by atoms with Crippen LogP contribution in [0.1, 0.15) is 43.0 Å². The van der Waals surface area contributed by atoms with E-state index >= 15 is 0 Å². The number of methoxy groups -OCH3 is 1. The van der Waals surface area contributed by atoms with Gasteiger partial charge in [0.05, 0.1) is 21.7 Å². The predicted octanol–water partition coefficient (Wildman–Crippen LogP) is 4.32. The summed E-state index contributed by atoms with van der Waals surface area (Å²) in [4.78, 5) is 17.4. The van der Waals surface area contributed by atoms with E-state index in [2.05, 4.69) is 4.99 Å². The average molecular weight is 524 g/mol. The lowest BCUT2D eigenvalue weighted by Gasteiger charge is -2.34. The van der Waals surface area contributed by atoms with E-state index in [4.69, 9.17) is 4.74 Å². The van der Waals surface area contributed by atoms with Crippen molar-refractivity contribution in [2.45, 2.75) is 50.1 Å². The zero-order chi connectivity index (χ0) is 25.2. The van der Waals surface area contributed by atoms with Gasteiger partial charge < -0.3 is 9.30 Å². The van der Waals surface area contributed by atoms with E-state index in [-0.39, 0.29) is 40.0 Å². The molecule has 3 aromatic rings. The molecule has 0 radical (unpaired) electrons. The van der Waals surface area contributed by atoms with E-state index in [0.717, 1.165) is 43.1 Å².